The van der Waals surface area contributed by atoms with Gasteiger partial charge in [-0.2, -0.15) is 0 Å². The molecular weight excluding hydrogens is 260 g/mol. The Kier molecular flexibility index (Phi) is 7.04. The number of hydrogen-bond donors (Lipinski definition) is 3. The molecule has 114 valence electrons. The van der Waals surface area contributed by atoms with Crippen molar-refractivity contribution in [3.63, 3.8) is 0 Å². The van der Waals surface area contributed by atoms with Gasteiger partial charge >= 0.3 is 12.0 Å². The van der Waals surface area contributed by atoms with Crippen molar-refractivity contribution in [2.24, 2.45) is 5.92 Å². The summed E-state index contributed by atoms with van der Waals surface area (Å²) in [4.78, 5) is 33.4. The molecule has 6 nitrogen and oxygen atoms in total. The van der Waals surface area contributed by atoms with Gasteiger partial charge in [0.05, 0.1) is 0 Å². The second-order valence-corrected chi connectivity index (χ2v) is 5.41. The summed E-state index contributed by atoms with van der Waals surface area (Å²) in [6.07, 6.45) is 5.61. The topological polar surface area (TPSA) is 95.5 Å². The summed E-state index contributed by atoms with van der Waals surface area (Å²) in [7, 11) is 0. The minimum Gasteiger partial charge on any atom is -0.481 e. The van der Waals surface area contributed by atoms with E-state index in [1.165, 1.54) is 6.42 Å². The molecule has 0 aromatic rings. The van der Waals surface area contributed by atoms with Crippen molar-refractivity contribution in [1.29, 1.82) is 0 Å². The van der Waals surface area contributed by atoms with Crippen LogP contribution in [0.4, 0.5) is 4.79 Å². The molecule has 3 amide bonds. The lowest BCUT2D eigenvalue weighted by molar-refractivity contribution is -0.137. The van der Waals surface area contributed by atoms with Gasteiger partial charge in [0.1, 0.15) is 0 Å². The van der Waals surface area contributed by atoms with Gasteiger partial charge in [-0.3, -0.25) is 14.9 Å². The number of amides is 3. The van der Waals surface area contributed by atoms with Crippen molar-refractivity contribution in [2.75, 3.05) is 0 Å². The number of carbonyl (C=O) groups excluding carboxylic acids is 2. The molecule has 3 N–H and O–H groups in total. The summed E-state index contributed by atoms with van der Waals surface area (Å²) in [5, 5.41) is 13.5. The zero-order valence-electron chi connectivity index (χ0n) is 12.0. The van der Waals surface area contributed by atoms with E-state index in [1.807, 2.05) is 0 Å². The summed E-state index contributed by atoms with van der Waals surface area (Å²) in [5.74, 6) is -0.706. The van der Waals surface area contributed by atoms with Crippen molar-refractivity contribution in [3.8, 4) is 0 Å². The second-order valence-electron chi connectivity index (χ2n) is 5.41. The third-order valence-corrected chi connectivity index (χ3v) is 3.74. The average Bonchev–Trinajstić information content (AvgIpc) is 2.38. The first-order valence-corrected chi connectivity index (χ1v) is 7.33. The first-order valence-electron chi connectivity index (χ1n) is 7.33. The molecule has 0 heterocycles. The molecule has 20 heavy (non-hydrogen) atoms. The van der Waals surface area contributed by atoms with Crippen LogP contribution in [0, 0.1) is 5.92 Å². The molecule has 6 heteroatoms. The lowest BCUT2D eigenvalue weighted by atomic mass is 9.84. The lowest BCUT2D eigenvalue weighted by Crippen LogP contribution is -2.46. The van der Waals surface area contributed by atoms with E-state index in [4.69, 9.17) is 5.11 Å². The number of hydrogen-bond acceptors (Lipinski definition) is 3. The largest absolute Gasteiger partial charge is 0.481 e. The smallest absolute Gasteiger partial charge is 0.321 e. The highest BCUT2D eigenvalue weighted by Crippen LogP contribution is 2.26. The van der Waals surface area contributed by atoms with Gasteiger partial charge in [-0.15, -0.1) is 0 Å². The fourth-order valence-corrected chi connectivity index (χ4v) is 2.60. The van der Waals surface area contributed by atoms with E-state index in [2.05, 4.69) is 17.6 Å². The van der Waals surface area contributed by atoms with Crippen LogP contribution in [0.15, 0.2) is 0 Å². The molecule has 1 aliphatic rings. The first kappa shape index (κ1) is 16.5. The highest BCUT2D eigenvalue weighted by atomic mass is 16.4. The Bertz CT molecular complexity index is 357. The van der Waals surface area contributed by atoms with Crippen LogP contribution in [-0.4, -0.2) is 29.1 Å². The zero-order valence-corrected chi connectivity index (χ0v) is 12.0. The van der Waals surface area contributed by atoms with E-state index in [0.29, 0.717) is 5.92 Å². The maximum Gasteiger partial charge on any atom is 0.321 e. The normalized spacial score (nSPS) is 22.1. The summed E-state index contributed by atoms with van der Waals surface area (Å²) >= 11 is 0. The van der Waals surface area contributed by atoms with Crippen LogP contribution < -0.4 is 10.6 Å². The van der Waals surface area contributed by atoms with Gasteiger partial charge in [0, 0.05) is 18.9 Å². The van der Waals surface area contributed by atoms with Gasteiger partial charge in [0.25, 0.3) is 0 Å². The van der Waals surface area contributed by atoms with E-state index in [1.54, 1.807) is 0 Å². The predicted molar refractivity (Wildman–Crippen MR) is 74.2 cm³/mol. The summed E-state index contributed by atoms with van der Waals surface area (Å²) < 4.78 is 0. The first-order chi connectivity index (χ1) is 9.51. The monoisotopic (exact) mass is 284 g/mol. The molecule has 0 spiro atoms. The molecule has 0 bridgehead atoms. The van der Waals surface area contributed by atoms with E-state index < -0.39 is 17.9 Å². The van der Waals surface area contributed by atoms with Gasteiger partial charge in [-0.05, 0) is 25.2 Å². The number of carboxylic acids is 1. The highest BCUT2D eigenvalue weighted by Gasteiger charge is 2.22. The number of urea groups is 1. The molecule has 0 aliphatic heterocycles. The van der Waals surface area contributed by atoms with Crippen molar-refractivity contribution in [2.45, 2.75) is 64.3 Å². The fourth-order valence-electron chi connectivity index (χ4n) is 2.60. The molecule has 1 fully saturated rings. The number of imide groups is 1. The van der Waals surface area contributed by atoms with Crippen molar-refractivity contribution in [3.05, 3.63) is 0 Å². The number of carboxylic acid groups (broad SMARTS) is 1. The van der Waals surface area contributed by atoms with Crippen LogP contribution in [0.2, 0.25) is 0 Å². The van der Waals surface area contributed by atoms with Crippen LogP contribution >= 0.6 is 0 Å². The predicted octanol–water partition coefficient (Wildman–Crippen LogP) is 2.04. The molecule has 0 aromatic carbocycles. The molecule has 0 radical (unpaired) electrons. The fraction of sp³-hybridized carbons (Fsp3) is 0.786. The number of rotatable bonds is 6. The Morgan fingerprint density at radius 1 is 1.20 bits per heavy atom. The molecule has 1 saturated carbocycles. The Hall–Kier alpha value is -1.59. The summed E-state index contributed by atoms with van der Waals surface area (Å²) in [6.45, 7) is 2.15. The molecule has 0 aromatic heterocycles. The van der Waals surface area contributed by atoms with Crippen molar-refractivity contribution in [1.82, 2.24) is 10.6 Å². The maximum atomic E-state index is 11.7. The van der Waals surface area contributed by atoms with E-state index in [9.17, 15) is 14.4 Å². The van der Waals surface area contributed by atoms with Gasteiger partial charge < -0.3 is 10.4 Å². The number of aliphatic carboxylic acids is 1. The number of nitrogens with one attached hydrogen (secondary N) is 2. The summed E-state index contributed by atoms with van der Waals surface area (Å²) in [5.41, 5.74) is 0. The number of carbonyl (C=O) groups is 3. The second kappa shape index (κ2) is 8.55. The van der Waals surface area contributed by atoms with Crippen LogP contribution in [0.5, 0.6) is 0 Å². The van der Waals surface area contributed by atoms with Crippen molar-refractivity contribution >= 4 is 17.9 Å². The van der Waals surface area contributed by atoms with Gasteiger partial charge in [0.15, 0.2) is 0 Å². The third kappa shape index (κ3) is 6.54. The summed E-state index contributed by atoms with van der Waals surface area (Å²) in [6, 6.07) is -0.326. The molecule has 1 aliphatic carbocycles. The zero-order chi connectivity index (χ0) is 15.0. The van der Waals surface area contributed by atoms with Gasteiger partial charge in [-0.1, -0.05) is 26.2 Å². The Labute approximate surface area is 119 Å². The van der Waals surface area contributed by atoms with Crippen LogP contribution in [0.25, 0.3) is 0 Å². The minimum atomic E-state index is -0.935. The molecule has 0 saturated heterocycles. The SMILES string of the molecule is CCC1CCCC(NC(=O)NC(=O)CCCC(=O)O)C1. The van der Waals surface area contributed by atoms with Crippen LogP contribution in [-0.2, 0) is 9.59 Å². The maximum absolute atomic E-state index is 11.7. The highest BCUT2D eigenvalue weighted by molar-refractivity contribution is 5.94. The van der Waals surface area contributed by atoms with Gasteiger partial charge in [-0.25, -0.2) is 4.79 Å². The van der Waals surface area contributed by atoms with Gasteiger partial charge in [0.2, 0.25) is 5.91 Å². The minimum absolute atomic E-state index is 0.0575. The molecule has 2 atom stereocenters. The van der Waals surface area contributed by atoms with Crippen LogP contribution in [0.3, 0.4) is 0 Å². The van der Waals surface area contributed by atoms with Crippen LogP contribution in [0.1, 0.15) is 58.3 Å². The quantitative estimate of drug-likeness (QED) is 0.695. The molecule has 2 unspecified atom stereocenters. The average molecular weight is 284 g/mol. The van der Waals surface area contributed by atoms with Crippen molar-refractivity contribution < 1.29 is 19.5 Å². The Balaban J connectivity index is 2.21. The van der Waals surface area contributed by atoms with E-state index >= 15 is 0 Å². The molecule has 1 rings (SSSR count). The molecular formula is C14H24N2O4. The Morgan fingerprint density at radius 2 is 1.95 bits per heavy atom. The Morgan fingerprint density at radius 3 is 2.60 bits per heavy atom. The van der Waals surface area contributed by atoms with E-state index in [0.717, 1.165) is 25.7 Å². The third-order valence-electron chi connectivity index (χ3n) is 3.74. The lowest BCUT2D eigenvalue weighted by Gasteiger charge is -2.28. The van der Waals surface area contributed by atoms with E-state index in [-0.39, 0.29) is 25.3 Å². The standard InChI is InChI=1S/C14H24N2O4/c1-2-10-5-3-6-11(9-10)15-14(20)16-12(17)7-4-8-13(18)19/h10-11H,2-9H2,1H3,(H,18,19)(H2,15,16,17,20).